The van der Waals surface area contributed by atoms with Gasteiger partial charge >= 0.3 is 0 Å². The van der Waals surface area contributed by atoms with Gasteiger partial charge in [0.2, 0.25) is 0 Å². The molecule has 1 aromatic rings. The smallest absolute Gasteiger partial charge is 0.120 e. The van der Waals surface area contributed by atoms with Gasteiger partial charge in [-0.3, -0.25) is 0 Å². The van der Waals surface area contributed by atoms with Crippen molar-refractivity contribution < 1.29 is 4.74 Å². The van der Waals surface area contributed by atoms with Crippen molar-refractivity contribution >= 4 is 22.6 Å². The molecule has 0 amide bonds. The van der Waals surface area contributed by atoms with E-state index < -0.39 is 0 Å². The van der Waals surface area contributed by atoms with Crippen LogP contribution >= 0.6 is 22.6 Å². The first-order chi connectivity index (χ1) is 7.29. The number of hydrogen-bond acceptors (Lipinski definition) is 2. The van der Waals surface area contributed by atoms with Crippen LogP contribution in [0, 0.1) is 20.8 Å². The van der Waals surface area contributed by atoms with Crippen LogP contribution in [0.15, 0.2) is 24.3 Å². The van der Waals surface area contributed by atoms with Gasteiger partial charge in [-0.25, -0.2) is 0 Å². The molecule has 78 valence electrons. The SMILES string of the molecule is N#CC1CCCC1Oc1cccc(I)c1. The van der Waals surface area contributed by atoms with Crippen LogP contribution in [0.2, 0.25) is 0 Å². The summed E-state index contributed by atoms with van der Waals surface area (Å²) < 4.78 is 7.00. The van der Waals surface area contributed by atoms with Gasteiger partial charge in [0.15, 0.2) is 0 Å². The molecular formula is C12H12INO. The summed E-state index contributed by atoms with van der Waals surface area (Å²) in [4.78, 5) is 0. The van der Waals surface area contributed by atoms with Gasteiger partial charge < -0.3 is 4.74 Å². The summed E-state index contributed by atoms with van der Waals surface area (Å²) in [5.74, 6) is 0.955. The average molecular weight is 313 g/mol. The fourth-order valence-electron chi connectivity index (χ4n) is 1.93. The Bertz CT molecular complexity index is 385. The second-order valence-corrected chi connectivity index (χ2v) is 5.03. The van der Waals surface area contributed by atoms with E-state index in [-0.39, 0.29) is 12.0 Å². The van der Waals surface area contributed by atoms with E-state index in [2.05, 4.69) is 28.7 Å². The minimum Gasteiger partial charge on any atom is -0.489 e. The molecule has 0 N–H and O–H groups in total. The molecule has 0 spiro atoms. The van der Waals surface area contributed by atoms with Crippen LogP contribution in [0.3, 0.4) is 0 Å². The minimum absolute atomic E-state index is 0.0721. The van der Waals surface area contributed by atoms with E-state index in [9.17, 15) is 0 Å². The van der Waals surface area contributed by atoms with Crippen molar-refractivity contribution in [2.45, 2.75) is 25.4 Å². The molecule has 1 fully saturated rings. The van der Waals surface area contributed by atoms with Crippen LogP contribution < -0.4 is 4.74 Å². The van der Waals surface area contributed by atoms with E-state index in [1.54, 1.807) is 0 Å². The van der Waals surface area contributed by atoms with Gasteiger partial charge in [0.25, 0.3) is 0 Å². The minimum atomic E-state index is 0.0721. The maximum Gasteiger partial charge on any atom is 0.120 e. The predicted molar refractivity (Wildman–Crippen MR) is 66.5 cm³/mol. The summed E-state index contributed by atoms with van der Waals surface area (Å²) >= 11 is 2.26. The number of rotatable bonds is 2. The molecular weight excluding hydrogens is 301 g/mol. The highest BCUT2D eigenvalue weighted by atomic mass is 127. The lowest BCUT2D eigenvalue weighted by atomic mass is 10.1. The molecule has 3 heteroatoms. The van der Waals surface area contributed by atoms with Crippen LogP contribution in [0.5, 0.6) is 5.75 Å². The van der Waals surface area contributed by atoms with E-state index in [0.717, 1.165) is 28.6 Å². The summed E-state index contributed by atoms with van der Waals surface area (Å²) in [7, 11) is 0. The molecule has 2 nitrogen and oxygen atoms in total. The number of hydrogen-bond donors (Lipinski definition) is 0. The Morgan fingerprint density at radius 2 is 2.27 bits per heavy atom. The molecule has 0 bridgehead atoms. The Labute approximate surface area is 103 Å². The van der Waals surface area contributed by atoms with Crippen molar-refractivity contribution in [1.82, 2.24) is 0 Å². The Kier molecular flexibility index (Phi) is 3.47. The molecule has 1 aliphatic carbocycles. The van der Waals surface area contributed by atoms with E-state index in [1.807, 2.05) is 24.3 Å². The topological polar surface area (TPSA) is 33.0 Å². The molecule has 0 radical (unpaired) electrons. The molecule has 15 heavy (non-hydrogen) atoms. The third kappa shape index (κ3) is 2.63. The fourth-order valence-corrected chi connectivity index (χ4v) is 2.44. The quantitative estimate of drug-likeness (QED) is 0.784. The normalized spacial score (nSPS) is 24.8. The second kappa shape index (κ2) is 4.84. The Balaban J connectivity index is 2.06. The van der Waals surface area contributed by atoms with Gasteiger partial charge in [0.05, 0.1) is 12.0 Å². The zero-order valence-electron chi connectivity index (χ0n) is 8.32. The zero-order chi connectivity index (χ0) is 10.7. The van der Waals surface area contributed by atoms with Crippen molar-refractivity contribution in [2.24, 2.45) is 5.92 Å². The third-order valence-corrected chi connectivity index (χ3v) is 3.37. The second-order valence-electron chi connectivity index (χ2n) is 3.78. The first-order valence-electron chi connectivity index (χ1n) is 5.11. The average Bonchev–Trinajstić information content (AvgIpc) is 2.65. The van der Waals surface area contributed by atoms with Gasteiger partial charge in [0, 0.05) is 3.57 Å². The predicted octanol–water partition coefficient (Wildman–Crippen LogP) is 3.36. The lowest BCUT2D eigenvalue weighted by molar-refractivity contribution is 0.182. The van der Waals surface area contributed by atoms with Crippen molar-refractivity contribution in [2.75, 3.05) is 0 Å². The largest absolute Gasteiger partial charge is 0.489 e. The van der Waals surface area contributed by atoms with Crippen molar-refractivity contribution in [1.29, 1.82) is 5.26 Å². The maximum absolute atomic E-state index is 8.94. The first kappa shape index (κ1) is 10.7. The first-order valence-corrected chi connectivity index (χ1v) is 6.19. The molecule has 0 heterocycles. The Morgan fingerprint density at radius 3 is 3.00 bits per heavy atom. The summed E-state index contributed by atoms with van der Waals surface area (Å²) in [5, 5.41) is 8.94. The molecule has 0 aliphatic heterocycles. The summed E-state index contributed by atoms with van der Waals surface area (Å²) in [6, 6.07) is 10.3. The number of halogens is 1. The van der Waals surface area contributed by atoms with E-state index in [1.165, 1.54) is 0 Å². The number of benzene rings is 1. The lowest BCUT2D eigenvalue weighted by Crippen LogP contribution is -2.20. The van der Waals surface area contributed by atoms with Crippen LogP contribution in [0.1, 0.15) is 19.3 Å². The van der Waals surface area contributed by atoms with Gasteiger partial charge in [0.1, 0.15) is 11.9 Å². The van der Waals surface area contributed by atoms with Crippen molar-refractivity contribution in [3.8, 4) is 11.8 Å². The Hall–Kier alpha value is -0.760. The van der Waals surface area contributed by atoms with Crippen molar-refractivity contribution in [3.05, 3.63) is 27.8 Å². The van der Waals surface area contributed by atoms with E-state index >= 15 is 0 Å². The summed E-state index contributed by atoms with van der Waals surface area (Å²) in [6.45, 7) is 0. The molecule has 0 saturated heterocycles. The van der Waals surface area contributed by atoms with Gasteiger partial charge in [-0.05, 0) is 60.1 Å². The van der Waals surface area contributed by atoms with Gasteiger partial charge in [-0.1, -0.05) is 6.07 Å². The van der Waals surface area contributed by atoms with E-state index in [4.69, 9.17) is 10.00 Å². The standard InChI is InChI=1S/C12H12INO/c13-10-4-2-5-11(7-10)15-12-6-1-3-9(12)8-14/h2,4-5,7,9,12H,1,3,6H2. The molecule has 1 aliphatic rings. The Morgan fingerprint density at radius 1 is 1.40 bits per heavy atom. The molecule has 1 saturated carbocycles. The van der Waals surface area contributed by atoms with Crippen LogP contribution in [0.4, 0.5) is 0 Å². The highest BCUT2D eigenvalue weighted by Crippen LogP contribution is 2.29. The number of ether oxygens (including phenoxy) is 1. The molecule has 0 aromatic heterocycles. The third-order valence-electron chi connectivity index (χ3n) is 2.70. The molecule has 2 atom stereocenters. The van der Waals surface area contributed by atoms with Crippen molar-refractivity contribution in [3.63, 3.8) is 0 Å². The van der Waals surface area contributed by atoms with Gasteiger partial charge in [-0.15, -0.1) is 0 Å². The van der Waals surface area contributed by atoms with E-state index in [0.29, 0.717) is 0 Å². The number of nitrogens with zero attached hydrogens (tertiary/aromatic N) is 1. The summed E-state index contributed by atoms with van der Waals surface area (Å²) in [6.07, 6.45) is 3.18. The van der Waals surface area contributed by atoms with Crippen LogP contribution in [0.25, 0.3) is 0 Å². The van der Waals surface area contributed by atoms with Gasteiger partial charge in [-0.2, -0.15) is 5.26 Å². The highest BCUT2D eigenvalue weighted by molar-refractivity contribution is 14.1. The fraction of sp³-hybridized carbons (Fsp3) is 0.417. The lowest BCUT2D eigenvalue weighted by Gasteiger charge is -2.16. The highest BCUT2D eigenvalue weighted by Gasteiger charge is 2.28. The monoisotopic (exact) mass is 313 g/mol. The van der Waals surface area contributed by atoms with Crippen LogP contribution in [-0.2, 0) is 0 Å². The van der Waals surface area contributed by atoms with Crippen LogP contribution in [-0.4, -0.2) is 6.10 Å². The maximum atomic E-state index is 8.94. The number of nitriles is 1. The molecule has 1 aromatic carbocycles. The summed E-state index contributed by atoms with van der Waals surface area (Å²) in [5.41, 5.74) is 0. The zero-order valence-corrected chi connectivity index (χ0v) is 10.5. The molecule has 2 unspecified atom stereocenters. The molecule has 2 rings (SSSR count).